The normalized spacial score (nSPS) is 24.2. The van der Waals surface area contributed by atoms with Crippen LogP contribution < -0.4 is 0 Å². The number of carbonyl (C=O) groups excluding carboxylic acids is 1. The second kappa shape index (κ2) is 4.66. The van der Waals surface area contributed by atoms with E-state index in [9.17, 15) is 9.59 Å². The number of ether oxygens (including phenoxy) is 1. The van der Waals surface area contributed by atoms with Crippen molar-refractivity contribution in [3.8, 4) is 12.3 Å². The molecule has 0 aromatic rings. The van der Waals surface area contributed by atoms with E-state index in [0.717, 1.165) is 4.90 Å². The van der Waals surface area contributed by atoms with Gasteiger partial charge in [0, 0.05) is 0 Å². The Morgan fingerprint density at radius 2 is 2.00 bits per heavy atom. The highest BCUT2D eigenvalue weighted by Gasteiger charge is 2.42. The molecule has 0 radical (unpaired) electrons. The predicted octanol–water partition coefficient (Wildman–Crippen LogP) is 1.47. The van der Waals surface area contributed by atoms with Crippen LogP contribution in [0.1, 0.15) is 33.6 Å². The van der Waals surface area contributed by atoms with Crippen molar-refractivity contribution in [3.63, 3.8) is 0 Å². The van der Waals surface area contributed by atoms with E-state index >= 15 is 0 Å². The molecule has 5 nitrogen and oxygen atoms in total. The Kier molecular flexibility index (Phi) is 3.66. The smallest absolute Gasteiger partial charge is 0.412 e. The molecule has 17 heavy (non-hydrogen) atoms. The second-order valence-electron chi connectivity index (χ2n) is 5.00. The van der Waals surface area contributed by atoms with Gasteiger partial charge in [0.15, 0.2) is 0 Å². The highest BCUT2D eigenvalue weighted by atomic mass is 16.6. The highest BCUT2D eigenvalue weighted by molar-refractivity contribution is 5.81. The molecule has 1 N–H and O–H groups in total. The molecule has 94 valence electrons. The van der Waals surface area contributed by atoms with Gasteiger partial charge >= 0.3 is 12.1 Å². The molecule has 1 rings (SSSR count). The van der Waals surface area contributed by atoms with E-state index < -0.39 is 29.7 Å². The molecule has 1 aliphatic heterocycles. The van der Waals surface area contributed by atoms with Gasteiger partial charge in [-0.05, 0) is 33.6 Å². The average Bonchev–Trinajstić information content (AvgIpc) is 2.57. The van der Waals surface area contributed by atoms with Gasteiger partial charge in [-0.2, -0.15) is 0 Å². The third-order valence-corrected chi connectivity index (χ3v) is 2.47. The van der Waals surface area contributed by atoms with Gasteiger partial charge in [0.2, 0.25) is 0 Å². The molecule has 0 aliphatic carbocycles. The fourth-order valence-corrected chi connectivity index (χ4v) is 1.79. The average molecular weight is 239 g/mol. The zero-order valence-electron chi connectivity index (χ0n) is 10.3. The van der Waals surface area contributed by atoms with Gasteiger partial charge in [-0.3, -0.25) is 4.90 Å². The summed E-state index contributed by atoms with van der Waals surface area (Å²) in [4.78, 5) is 24.1. The monoisotopic (exact) mass is 239 g/mol. The summed E-state index contributed by atoms with van der Waals surface area (Å²) in [5, 5.41) is 9.03. The lowest BCUT2D eigenvalue weighted by Gasteiger charge is -2.29. The van der Waals surface area contributed by atoms with Crippen molar-refractivity contribution in [2.45, 2.75) is 51.3 Å². The lowest BCUT2D eigenvalue weighted by Crippen LogP contribution is -2.46. The van der Waals surface area contributed by atoms with Gasteiger partial charge < -0.3 is 9.84 Å². The Morgan fingerprint density at radius 1 is 1.41 bits per heavy atom. The summed E-state index contributed by atoms with van der Waals surface area (Å²) < 4.78 is 5.16. The molecule has 0 spiro atoms. The molecule has 2 atom stereocenters. The number of nitrogens with zero attached hydrogens (tertiary/aromatic N) is 1. The van der Waals surface area contributed by atoms with E-state index in [4.69, 9.17) is 16.3 Å². The maximum absolute atomic E-state index is 11.9. The lowest BCUT2D eigenvalue weighted by atomic mass is 10.2. The minimum Gasteiger partial charge on any atom is -0.480 e. The van der Waals surface area contributed by atoms with Crippen LogP contribution in [0.2, 0.25) is 0 Å². The van der Waals surface area contributed by atoms with Crippen LogP contribution in [-0.4, -0.2) is 39.8 Å². The first-order valence-electron chi connectivity index (χ1n) is 5.46. The molecule has 1 saturated heterocycles. The van der Waals surface area contributed by atoms with Crippen molar-refractivity contribution in [1.29, 1.82) is 0 Å². The Morgan fingerprint density at radius 3 is 2.41 bits per heavy atom. The Hall–Kier alpha value is -1.70. The SMILES string of the molecule is C#C[C@H]1CC[C@H](C(=O)O)N1C(=O)OC(C)(C)C. The maximum atomic E-state index is 11.9. The van der Waals surface area contributed by atoms with E-state index in [1.807, 2.05) is 0 Å². The molecule has 1 aliphatic rings. The number of likely N-dealkylation sites (tertiary alicyclic amines) is 1. The molecular formula is C12H17NO4. The minimum atomic E-state index is -1.05. The van der Waals surface area contributed by atoms with Gasteiger partial charge in [0.25, 0.3) is 0 Å². The standard InChI is InChI=1S/C12H17NO4/c1-5-8-6-7-9(10(14)15)13(8)11(16)17-12(2,3)4/h1,8-9H,6-7H2,2-4H3,(H,14,15)/t8-,9+/m0/s1. The topological polar surface area (TPSA) is 66.8 Å². The van der Waals surface area contributed by atoms with E-state index in [0.29, 0.717) is 12.8 Å². The van der Waals surface area contributed by atoms with Gasteiger partial charge in [0.05, 0.1) is 6.04 Å². The third kappa shape index (κ3) is 3.13. The number of carboxylic acid groups (broad SMARTS) is 1. The Labute approximate surface area is 101 Å². The fraction of sp³-hybridized carbons (Fsp3) is 0.667. The van der Waals surface area contributed by atoms with Gasteiger partial charge in [-0.15, -0.1) is 6.42 Å². The largest absolute Gasteiger partial charge is 0.480 e. The van der Waals surface area contributed by atoms with Crippen LogP contribution in [0.5, 0.6) is 0 Å². The van der Waals surface area contributed by atoms with Crippen molar-refractivity contribution in [3.05, 3.63) is 0 Å². The van der Waals surface area contributed by atoms with Crippen molar-refractivity contribution in [2.24, 2.45) is 0 Å². The molecule has 0 aromatic carbocycles. The molecule has 5 heteroatoms. The lowest BCUT2D eigenvalue weighted by molar-refractivity contribution is -0.142. The van der Waals surface area contributed by atoms with Crippen LogP contribution in [0.4, 0.5) is 4.79 Å². The summed E-state index contributed by atoms with van der Waals surface area (Å²) in [6, 6.07) is -1.38. The van der Waals surface area contributed by atoms with Gasteiger partial charge in [-0.25, -0.2) is 9.59 Å². The van der Waals surface area contributed by atoms with Crippen LogP contribution in [0, 0.1) is 12.3 Å². The van der Waals surface area contributed by atoms with Crippen molar-refractivity contribution in [1.82, 2.24) is 4.90 Å². The first kappa shape index (κ1) is 13.4. The van der Waals surface area contributed by atoms with Crippen LogP contribution in [0.25, 0.3) is 0 Å². The molecule has 1 fully saturated rings. The Bertz CT molecular complexity index is 364. The van der Waals surface area contributed by atoms with Crippen LogP contribution >= 0.6 is 0 Å². The quantitative estimate of drug-likeness (QED) is 0.704. The van der Waals surface area contributed by atoms with Crippen molar-refractivity contribution in [2.75, 3.05) is 0 Å². The van der Waals surface area contributed by atoms with E-state index in [2.05, 4.69) is 5.92 Å². The fourth-order valence-electron chi connectivity index (χ4n) is 1.79. The number of rotatable bonds is 1. The van der Waals surface area contributed by atoms with Crippen LogP contribution in [0.15, 0.2) is 0 Å². The van der Waals surface area contributed by atoms with Gasteiger partial charge in [0.1, 0.15) is 11.6 Å². The molecule has 1 amide bonds. The molecule has 0 saturated carbocycles. The summed E-state index contributed by atoms with van der Waals surface area (Å²) in [5.41, 5.74) is -0.665. The van der Waals surface area contributed by atoms with Crippen LogP contribution in [-0.2, 0) is 9.53 Å². The maximum Gasteiger partial charge on any atom is 0.412 e. The predicted molar refractivity (Wildman–Crippen MR) is 61.4 cm³/mol. The number of hydrogen-bond acceptors (Lipinski definition) is 3. The zero-order valence-corrected chi connectivity index (χ0v) is 10.3. The zero-order chi connectivity index (χ0) is 13.2. The van der Waals surface area contributed by atoms with Crippen molar-refractivity contribution < 1.29 is 19.4 Å². The van der Waals surface area contributed by atoms with E-state index in [-0.39, 0.29) is 0 Å². The second-order valence-corrected chi connectivity index (χ2v) is 5.00. The number of hydrogen-bond donors (Lipinski definition) is 1. The van der Waals surface area contributed by atoms with E-state index in [1.54, 1.807) is 20.8 Å². The first-order chi connectivity index (χ1) is 7.76. The summed E-state index contributed by atoms with van der Waals surface area (Å²) >= 11 is 0. The molecular weight excluding hydrogens is 222 g/mol. The molecule has 0 bridgehead atoms. The van der Waals surface area contributed by atoms with Gasteiger partial charge in [-0.1, -0.05) is 5.92 Å². The summed E-state index contributed by atoms with van der Waals surface area (Å²) in [7, 11) is 0. The highest BCUT2D eigenvalue weighted by Crippen LogP contribution is 2.26. The summed E-state index contributed by atoms with van der Waals surface area (Å²) in [6.07, 6.45) is 5.49. The number of terminal acetylenes is 1. The number of amides is 1. The minimum absolute atomic E-state index is 0.365. The number of carboxylic acids is 1. The summed E-state index contributed by atoms with van der Waals surface area (Å²) in [6.45, 7) is 5.17. The molecule has 0 aromatic heterocycles. The number of aliphatic carboxylic acids is 1. The summed E-state index contributed by atoms with van der Waals surface area (Å²) in [5.74, 6) is 1.38. The third-order valence-electron chi connectivity index (χ3n) is 2.47. The van der Waals surface area contributed by atoms with Crippen molar-refractivity contribution >= 4 is 12.1 Å². The number of carbonyl (C=O) groups is 2. The first-order valence-corrected chi connectivity index (χ1v) is 5.46. The van der Waals surface area contributed by atoms with Crippen LogP contribution in [0.3, 0.4) is 0 Å². The molecule has 0 unspecified atom stereocenters. The Balaban J connectivity index is 2.86. The molecule has 1 heterocycles. The van der Waals surface area contributed by atoms with E-state index in [1.165, 1.54) is 0 Å².